The molecule has 2 aromatic rings. The van der Waals surface area contributed by atoms with Gasteiger partial charge in [0.1, 0.15) is 0 Å². The molecule has 0 aliphatic carbocycles. The van der Waals surface area contributed by atoms with Gasteiger partial charge in [0.05, 0.1) is 5.69 Å². The van der Waals surface area contributed by atoms with E-state index in [-0.39, 0.29) is 6.40 Å². The van der Waals surface area contributed by atoms with Gasteiger partial charge in [-0.05, 0) is 18.4 Å². The second-order valence-electron chi connectivity index (χ2n) is 3.02. The molecule has 0 radical (unpaired) electrons. The van der Waals surface area contributed by atoms with Gasteiger partial charge in [-0.1, -0.05) is 30.3 Å². The van der Waals surface area contributed by atoms with E-state index in [0.29, 0.717) is 6.42 Å². The Morgan fingerprint density at radius 3 is 2.71 bits per heavy atom. The van der Waals surface area contributed by atoms with E-state index in [4.69, 9.17) is 1.37 Å². The molecule has 0 spiro atoms. The van der Waals surface area contributed by atoms with Crippen molar-refractivity contribution in [3.8, 4) is 0 Å². The van der Waals surface area contributed by atoms with Gasteiger partial charge in [-0.25, -0.2) is 0 Å². The molecule has 2 heteroatoms. The average molecular weight is 185 g/mol. The lowest BCUT2D eigenvalue weighted by atomic mass is 10.1. The highest BCUT2D eigenvalue weighted by molar-refractivity contribution is 5.15. The second-order valence-corrected chi connectivity index (χ2v) is 3.02. The Labute approximate surface area is 85.1 Å². The average Bonchev–Trinajstić information content (AvgIpc) is 2.31. The van der Waals surface area contributed by atoms with Gasteiger partial charge < -0.3 is 0 Å². The van der Waals surface area contributed by atoms with Crippen LogP contribution in [0.4, 0.5) is 0 Å². The summed E-state index contributed by atoms with van der Waals surface area (Å²) >= 11 is 0. The van der Waals surface area contributed by atoms with Crippen molar-refractivity contribution in [3.63, 3.8) is 0 Å². The number of aromatic nitrogens is 2. The Morgan fingerprint density at radius 1 is 1.14 bits per heavy atom. The Balaban J connectivity index is 2.08. The number of hydrogen-bond donors (Lipinski definition) is 0. The highest BCUT2D eigenvalue weighted by Gasteiger charge is 1.95. The lowest BCUT2D eigenvalue weighted by molar-refractivity contribution is 0.899. The number of rotatable bonds is 3. The molecule has 2 rings (SSSR count). The van der Waals surface area contributed by atoms with Crippen molar-refractivity contribution >= 4 is 0 Å². The predicted octanol–water partition coefficient (Wildman–Crippen LogP) is 2.26. The monoisotopic (exact) mass is 185 g/mol. The van der Waals surface area contributed by atoms with Crippen LogP contribution in [0.2, 0.25) is 0 Å². The Bertz CT molecular complexity index is 402. The van der Waals surface area contributed by atoms with Crippen LogP contribution in [0.25, 0.3) is 0 Å². The van der Waals surface area contributed by atoms with E-state index < -0.39 is 0 Å². The third-order valence-electron chi connectivity index (χ3n) is 1.97. The zero-order valence-electron chi connectivity index (χ0n) is 8.80. The van der Waals surface area contributed by atoms with Crippen molar-refractivity contribution in [1.82, 2.24) is 9.97 Å². The van der Waals surface area contributed by atoms with Crippen molar-refractivity contribution in [2.75, 3.05) is 0 Å². The molecular weight excluding hydrogens is 172 g/mol. The first-order valence-electron chi connectivity index (χ1n) is 5.16. The summed E-state index contributed by atoms with van der Waals surface area (Å²) in [5.41, 5.74) is 1.88. The smallest absolute Gasteiger partial charge is 0.0589 e. The normalized spacial score (nSPS) is 13.3. The van der Waals surface area contributed by atoms with Crippen molar-refractivity contribution in [2.45, 2.75) is 12.8 Å². The molecule has 0 N–H and O–H groups in total. The molecule has 0 amide bonds. The molecule has 0 aliphatic heterocycles. The summed E-state index contributed by atoms with van der Waals surface area (Å²) in [5, 5.41) is 0. The lowest BCUT2D eigenvalue weighted by Crippen LogP contribution is -1.94. The first kappa shape index (κ1) is 7.68. The van der Waals surface area contributed by atoms with E-state index in [2.05, 4.69) is 9.97 Å². The maximum atomic E-state index is 7.95. The van der Waals surface area contributed by atoms with Crippen LogP contribution in [-0.4, -0.2) is 9.97 Å². The van der Waals surface area contributed by atoms with Crippen molar-refractivity contribution in [2.24, 2.45) is 0 Å². The van der Waals surface area contributed by atoms with Gasteiger partial charge in [-0.15, -0.1) is 0 Å². The van der Waals surface area contributed by atoms with Crippen LogP contribution in [-0.2, 0) is 12.8 Å². The fourth-order valence-corrected chi connectivity index (χ4v) is 1.25. The summed E-state index contributed by atoms with van der Waals surface area (Å²) in [7, 11) is 0. The SMILES string of the molecule is [2H]C(Cc1ccccc1)c1cnccn1. The fourth-order valence-electron chi connectivity index (χ4n) is 1.25. The third kappa shape index (κ3) is 2.39. The van der Waals surface area contributed by atoms with Gasteiger partial charge in [0.15, 0.2) is 0 Å². The molecule has 0 fully saturated rings. The highest BCUT2D eigenvalue weighted by Crippen LogP contribution is 2.03. The second kappa shape index (κ2) is 4.51. The van der Waals surface area contributed by atoms with Gasteiger partial charge in [0.25, 0.3) is 0 Å². The van der Waals surface area contributed by atoms with Gasteiger partial charge in [0.2, 0.25) is 0 Å². The molecule has 70 valence electrons. The van der Waals surface area contributed by atoms with Crippen LogP contribution in [0.1, 0.15) is 12.6 Å². The first-order valence-corrected chi connectivity index (χ1v) is 4.58. The maximum Gasteiger partial charge on any atom is 0.0589 e. The first-order chi connectivity index (χ1) is 7.36. The molecule has 0 saturated heterocycles. The molecular formula is C12H12N2. The highest BCUT2D eigenvalue weighted by atomic mass is 14.8. The van der Waals surface area contributed by atoms with Gasteiger partial charge in [0, 0.05) is 20.0 Å². The third-order valence-corrected chi connectivity index (χ3v) is 1.97. The van der Waals surface area contributed by atoms with Crippen molar-refractivity contribution < 1.29 is 1.37 Å². The van der Waals surface area contributed by atoms with E-state index in [1.54, 1.807) is 18.6 Å². The number of aryl methyl sites for hydroxylation is 2. The van der Waals surface area contributed by atoms with E-state index in [9.17, 15) is 0 Å². The zero-order chi connectivity index (χ0) is 10.5. The molecule has 0 bridgehead atoms. The van der Waals surface area contributed by atoms with E-state index >= 15 is 0 Å². The minimum absolute atomic E-state index is 0.332. The molecule has 0 saturated carbocycles. The van der Waals surface area contributed by atoms with Crippen LogP contribution >= 0.6 is 0 Å². The van der Waals surface area contributed by atoms with Gasteiger partial charge >= 0.3 is 0 Å². The minimum Gasteiger partial charge on any atom is -0.261 e. The molecule has 1 heterocycles. The quantitative estimate of drug-likeness (QED) is 0.733. The Hall–Kier alpha value is -1.70. The Kier molecular flexibility index (Phi) is 2.48. The molecule has 1 aromatic heterocycles. The van der Waals surface area contributed by atoms with Crippen LogP contribution in [0, 0.1) is 0 Å². The topological polar surface area (TPSA) is 25.8 Å². The number of nitrogens with zero attached hydrogens (tertiary/aromatic N) is 2. The van der Waals surface area contributed by atoms with Crippen molar-refractivity contribution in [1.29, 1.82) is 0 Å². The summed E-state index contributed by atoms with van der Waals surface area (Å²) in [6, 6.07) is 10.00. The van der Waals surface area contributed by atoms with Crippen LogP contribution < -0.4 is 0 Å². The summed E-state index contributed by atoms with van der Waals surface area (Å²) in [6.07, 6.45) is 5.25. The van der Waals surface area contributed by atoms with Crippen LogP contribution in [0.15, 0.2) is 48.9 Å². The lowest BCUT2D eigenvalue weighted by Gasteiger charge is -1.99. The van der Waals surface area contributed by atoms with E-state index in [1.807, 2.05) is 30.3 Å². The molecule has 14 heavy (non-hydrogen) atoms. The van der Waals surface area contributed by atoms with E-state index in [1.165, 1.54) is 0 Å². The van der Waals surface area contributed by atoms with Gasteiger partial charge in [-0.3, -0.25) is 9.97 Å². The summed E-state index contributed by atoms with van der Waals surface area (Å²) in [4.78, 5) is 8.09. The maximum absolute atomic E-state index is 7.95. The Morgan fingerprint density at radius 2 is 2.00 bits per heavy atom. The number of benzene rings is 1. The number of hydrogen-bond acceptors (Lipinski definition) is 2. The van der Waals surface area contributed by atoms with E-state index in [0.717, 1.165) is 11.3 Å². The zero-order valence-corrected chi connectivity index (χ0v) is 7.80. The fraction of sp³-hybridized carbons (Fsp3) is 0.167. The minimum atomic E-state index is -0.332. The molecule has 1 unspecified atom stereocenters. The van der Waals surface area contributed by atoms with Crippen LogP contribution in [0.3, 0.4) is 0 Å². The predicted molar refractivity (Wildman–Crippen MR) is 55.9 cm³/mol. The molecule has 2 nitrogen and oxygen atoms in total. The van der Waals surface area contributed by atoms with Gasteiger partial charge in [-0.2, -0.15) is 0 Å². The molecule has 1 aromatic carbocycles. The van der Waals surface area contributed by atoms with Crippen LogP contribution in [0.5, 0.6) is 0 Å². The largest absolute Gasteiger partial charge is 0.261 e. The summed E-state index contributed by atoms with van der Waals surface area (Å²) in [5.74, 6) is 0. The summed E-state index contributed by atoms with van der Waals surface area (Å²) < 4.78 is 7.95. The summed E-state index contributed by atoms with van der Waals surface area (Å²) in [6.45, 7) is 0. The standard InChI is InChI=1S/C12H12N2/c1-2-4-11(5-3-1)6-7-12-10-13-8-9-14-12/h1-5,8-10H,6-7H2/i7D. The van der Waals surface area contributed by atoms with Crippen molar-refractivity contribution in [3.05, 3.63) is 60.2 Å². The molecule has 1 atom stereocenters. The molecule has 0 aliphatic rings.